The molecule has 0 saturated carbocycles. The number of hydrogen-bond acceptors (Lipinski definition) is 3. The van der Waals surface area contributed by atoms with Gasteiger partial charge in [0.15, 0.2) is 0 Å². The van der Waals surface area contributed by atoms with E-state index in [2.05, 4.69) is 29.0 Å². The molecule has 0 aliphatic carbocycles. The SMILES string of the molecule is CNC(=O)Cc1ccccc1NCc1sccc1C. The number of anilines is 1. The van der Waals surface area contributed by atoms with E-state index in [1.54, 1.807) is 18.4 Å². The summed E-state index contributed by atoms with van der Waals surface area (Å²) in [5.41, 5.74) is 3.36. The number of aryl methyl sites for hydroxylation is 1. The highest BCUT2D eigenvalue weighted by Crippen LogP contribution is 2.20. The molecule has 100 valence electrons. The maximum Gasteiger partial charge on any atom is 0.224 e. The minimum absolute atomic E-state index is 0.0292. The molecule has 0 radical (unpaired) electrons. The van der Waals surface area contributed by atoms with Crippen LogP contribution >= 0.6 is 11.3 Å². The summed E-state index contributed by atoms with van der Waals surface area (Å²) in [5, 5.41) is 8.17. The second-order valence-electron chi connectivity index (χ2n) is 4.39. The standard InChI is InChI=1S/C15H18N2OS/c1-11-7-8-19-14(11)10-17-13-6-4-3-5-12(13)9-15(18)16-2/h3-8,17H,9-10H2,1-2H3,(H,16,18). The van der Waals surface area contributed by atoms with Gasteiger partial charge in [-0.3, -0.25) is 4.79 Å². The quantitative estimate of drug-likeness (QED) is 0.880. The van der Waals surface area contributed by atoms with E-state index < -0.39 is 0 Å². The van der Waals surface area contributed by atoms with Crippen molar-refractivity contribution >= 4 is 22.9 Å². The van der Waals surface area contributed by atoms with Crippen molar-refractivity contribution in [3.8, 4) is 0 Å². The van der Waals surface area contributed by atoms with Gasteiger partial charge >= 0.3 is 0 Å². The van der Waals surface area contributed by atoms with Crippen LogP contribution in [0.1, 0.15) is 16.0 Å². The van der Waals surface area contributed by atoms with Gasteiger partial charge in [-0.2, -0.15) is 0 Å². The number of rotatable bonds is 5. The second kappa shape index (κ2) is 6.38. The van der Waals surface area contributed by atoms with Gasteiger partial charge in [-0.05, 0) is 35.6 Å². The Morgan fingerprint density at radius 2 is 2.05 bits per heavy atom. The minimum atomic E-state index is 0.0292. The smallest absolute Gasteiger partial charge is 0.224 e. The molecule has 0 spiro atoms. The number of likely N-dealkylation sites (N-methyl/N-ethyl adjacent to an activating group) is 1. The Balaban J connectivity index is 2.07. The third-order valence-corrected chi connectivity index (χ3v) is 4.08. The molecule has 1 heterocycles. The van der Waals surface area contributed by atoms with Gasteiger partial charge in [0.1, 0.15) is 0 Å². The number of hydrogen-bond donors (Lipinski definition) is 2. The fourth-order valence-corrected chi connectivity index (χ4v) is 2.71. The molecule has 0 unspecified atom stereocenters. The van der Waals surface area contributed by atoms with E-state index in [1.165, 1.54) is 10.4 Å². The molecule has 2 rings (SSSR count). The summed E-state index contributed by atoms with van der Waals surface area (Å²) in [7, 11) is 1.66. The van der Waals surface area contributed by atoms with E-state index >= 15 is 0 Å². The highest BCUT2D eigenvalue weighted by atomic mass is 32.1. The molecule has 1 amide bonds. The number of nitrogens with one attached hydrogen (secondary N) is 2. The molecule has 0 saturated heterocycles. The van der Waals surface area contributed by atoms with Gasteiger partial charge in [-0.25, -0.2) is 0 Å². The Hall–Kier alpha value is -1.81. The van der Waals surface area contributed by atoms with Crippen LogP contribution < -0.4 is 10.6 Å². The van der Waals surface area contributed by atoms with Gasteiger partial charge in [0, 0.05) is 24.2 Å². The van der Waals surface area contributed by atoms with E-state index in [9.17, 15) is 4.79 Å². The van der Waals surface area contributed by atoms with Crippen LogP contribution in [0.15, 0.2) is 35.7 Å². The number of carbonyl (C=O) groups excluding carboxylic acids is 1. The van der Waals surface area contributed by atoms with Gasteiger partial charge in [0.05, 0.1) is 6.42 Å². The van der Waals surface area contributed by atoms with Crippen LogP contribution in [0, 0.1) is 6.92 Å². The topological polar surface area (TPSA) is 41.1 Å². The summed E-state index contributed by atoms with van der Waals surface area (Å²) >= 11 is 1.75. The second-order valence-corrected chi connectivity index (χ2v) is 5.39. The van der Waals surface area contributed by atoms with Crippen molar-refractivity contribution in [2.24, 2.45) is 0 Å². The van der Waals surface area contributed by atoms with Crippen LogP contribution in [0.2, 0.25) is 0 Å². The molecule has 2 aromatic rings. The molecule has 1 aromatic carbocycles. The van der Waals surface area contributed by atoms with E-state index in [1.807, 2.05) is 24.3 Å². The molecule has 19 heavy (non-hydrogen) atoms. The normalized spacial score (nSPS) is 10.2. The Morgan fingerprint density at radius 1 is 1.26 bits per heavy atom. The first-order chi connectivity index (χ1) is 9.20. The zero-order valence-electron chi connectivity index (χ0n) is 11.2. The largest absolute Gasteiger partial charge is 0.380 e. The van der Waals surface area contributed by atoms with Crippen molar-refractivity contribution in [1.29, 1.82) is 0 Å². The van der Waals surface area contributed by atoms with Crippen molar-refractivity contribution in [2.75, 3.05) is 12.4 Å². The molecule has 3 nitrogen and oxygen atoms in total. The molecular formula is C15H18N2OS. The third-order valence-electron chi connectivity index (χ3n) is 3.05. The van der Waals surface area contributed by atoms with Crippen LogP contribution in [0.5, 0.6) is 0 Å². The molecule has 4 heteroatoms. The van der Waals surface area contributed by atoms with E-state index in [0.29, 0.717) is 6.42 Å². The lowest BCUT2D eigenvalue weighted by molar-refractivity contribution is -0.119. The van der Waals surface area contributed by atoms with Crippen molar-refractivity contribution < 1.29 is 4.79 Å². The molecule has 2 N–H and O–H groups in total. The Morgan fingerprint density at radius 3 is 2.74 bits per heavy atom. The van der Waals surface area contributed by atoms with Crippen molar-refractivity contribution in [3.05, 3.63) is 51.7 Å². The summed E-state index contributed by atoms with van der Waals surface area (Å²) in [5.74, 6) is 0.0292. The van der Waals surface area contributed by atoms with Crippen molar-refractivity contribution in [2.45, 2.75) is 19.9 Å². The molecule has 0 bridgehead atoms. The maximum absolute atomic E-state index is 11.5. The lowest BCUT2D eigenvalue weighted by Gasteiger charge is -2.11. The van der Waals surface area contributed by atoms with Crippen LogP contribution in [0.4, 0.5) is 5.69 Å². The molecule has 0 aliphatic heterocycles. The van der Waals surface area contributed by atoms with E-state index in [-0.39, 0.29) is 5.91 Å². The molecule has 0 aliphatic rings. The maximum atomic E-state index is 11.5. The first-order valence-corrected chi connectivity index (χ1v) is 7.14. The fraction of sp³-hybridized carbons (Fsp3) is 0.267. The summed E-state index contributed by atoms with van der Waals surface area (Å²) < 4.78 is 0. The van der Waals surface area contributed by atoms with E-state index in [4.69, 9.17) is 0 Å². The Labute approximate surface area is 117 Å². The molecule has 0 atom stereocenters. The van der Waals surface area contributed by atoms with Gasteiger partial charge in [-0.15, -0.1) is 11.3 Å². The van der Waals surface area contributed by atoms with Gasteiger partial charge in [0.25, 0.3) is 0 Å². The summed E-state index contributed by atoms with van der Waals surface area (Å²) in [6.07, 6.45) is 0.406. The first-order valence-electron chi connectivity index (χ1n) is 6.26. The van der Waals surface area contributed by atoms with Gasteiger partial charge in [0.2, 0.25) is 5.91 Å². The van der Waals surface area contributed by atoms with Crippen LogP contribution in [0.25, 0.3) is 0 Å². The average molecular weight is 274 g/mol. The number of thiophene rings is 1. The highest BCUT2D eigenvalue weighted by molar-refractivity contribution is 7.10. The van der Waals surface area contributed by atoms with Crippen LogP contribution in [-0.4, -0.2) is 13.0 Å². The lowest BCUT2D eigenvalue weighted by Crippen LogP contribution is -2.20. The number of benzene rings is 1. The zero-order chi connectivity index (χ0) is 13.7. The fourth-order valence-electron chi connectivity index (χ4n) is 1.87. The molecule has 1 aromatic heterocycles. The minimum Gasteiger partial charge on any atom is -0.380 e. The number of amides is 1. The highest BCUT2D eigenvalue weighted by Gasteiger charge is 2.07. The lowest BCUT2D eigenvalue weighted by atomic mass is 10.1. The number of carbonyl (C=O) groups is 1. The molecular weight excluding hydrogens is 256 g/mol. The van der Waals surface area contributed by atoms with Gasteiger partial charge < -0.3 is 10.6 Å². The Bertz CT molecular complexity index is 563. The third kappa shape index (κ3) is 3.58. The van der Waals surface area contributed by atoms with Crippen molar-refractivity contribution in [3.63, 3.8) is 0 Å². The summed E-state index contributed by atoms with van der Waals surface area (Å²) in [6.45, 7) is 2.91. The predicted molar refractivity (Wildman–Crippen MR) is 80.6 cm³/mol. The van der Waals surface area contributed by atoms with Crippen LogP contribution in [-0.2, 0) is 17.8 Å². The van der Waals surface area contributed by atoms with Gasteiger partial charge in [-0.1, -0.05) is 18.2 Å². The monoisotopic (exact) mass is 274 g/mol. The first kappa shape index (κ1) is 13.6. The summed E-state index contributed by atoms with van der Waals surface area (Å²) in [6, 6.07) is 10.1. The van der Waals surface area contributed by atoms with Crippen molar-refractivity contribution in [1.82, 2.24) is 5.32 Å². The summed E-state index contributed by atoms with van der Waals surface area (Å²) in [4.78, 5) is 12.8. The zero-order valence-corrected chi connectivity index (χ0v) is 12.0. The van der Waals surface area contributed by atoms with Crippen LogP contribution in [0.3, 0.4) is 0 Å². The predicted octanol–water partition coefficient (Wildman–Crippen LogP) is 2.96. The Kier molecular flexibility index (Phi) is 4.58. The van der Waals surface area contributed by atoms with E-state index in [0.717, 1.165) is 17.8 Å². The molecule has 0 fully saturated rings. The number of para-hydroxylation sites is 1. The average Bonchev–Trinajstić information content (AvgIpc) is 2.83.